The normalized spacial score (nSPS) is 29.1. The van der Waals surface area contributed by atoms with Crippen molar-refractivity contribution in [2.45, 2.75) is 203 Å². The summed E-state index contributed by atoms with van der Waals surface area (Å²) in [5, 5.41) is 108. The van der Waals surface area contributed by atoms with Gasteiger partial charge in [0, 0.05) is 45.2 Å². The van der Waals surface area contributed by atoms with E-state index in [4.69, 9.17) is 5.73 Å². The highest BCUT2D eigenvalue weighted by molar-refractivity contribution is 5.98. The van der Waals surface area contributed by atoms with Gasteiger partial charge in [0.25, 0.3) is 0 Å². The number of nitrogens with one attached hydrogen (secondary N) is 4. The van der Waals surface area contributed by atoms with E-state index in [1.807, 2.05) is 0 Å². The van der Waals surface area contributed by atoms with Crippen LogP contribution in [-0.4, -0.2) is 189 Å². The number of nitrogens with zero attached hydrogens (tertiary/aromatic N) is 2. The summed E-state index contributed by atoms with van der Waals surface area (Å²) >= 11 is 0. The van der Waals surface area contributed by atoms with Gasteiger partial charge in [-0.3, -0.25) is 38.4 Å². The molecule has 16 atom stereocenters. The Morgan fingerprint density at radius 1 is 0.720 bits per heavy atom. The van der Waals surface area contributed by atoms with Crippen molar-refractivity contribution in [3.63, 3.8) is 0 Å². The standard InChI is InChI=1S/C51H81N7O17/c1-5-26(2)18-27(3)12-10-8-6-7-9-11-13-41(67)53-34-22-39(65)49(73)56-48(72)36-20-32(62)25-58(36)51(75)43(38(64)23-40(52)66)55-46(70)33(45(69)44(68)29-14-16-30(60)17-15-29)21-37(63)35-19-31(61)24-57(35)50(74)42(28(4)59)54-47(34)71/h14-17,26-28,31-36,38-39,42-45,49,59-62,64-65,68-69,73H,5-13,18-25H2,1-4H3,(H2,52,66)(H,53,67)(H,54,71)(H,55,70)(H,56,72)/t26?,27?,28?,31?,32-,33?,34?,35?,36?,38?,39?,42?,43?,44?,45?,49?/m1/s1. The minimum atomic E-state index is -2.25. The fourth-order valence-electron chi connectivity index (χ4n) is 10.0. The van der Waals surface area contributed by atoms with Crippen molar-refractivity contribution >= 4 is 47.1 Å². The number of rotatable bonds is 20. The van der Waals surface area contributed by atoms with Crippen LogP contribution < -0.4 is 27.0 Å². The van der Waals surface area contributed by atoms with Crippen LogP contribution in [0, 0.1) is 17.8 Å². The van der Waals surface area contributed by atoms with Crippen LogP contribution in [0.5, 0.6) is 5.75 Å². The molecule has 3 heterocycles. The van der Waals surface area contributed by atoms with Crippen molar-refractivity contribution in [3.05, 3.63) is 29.8 Å². The van der Waals surface area contributed by atoms with Gasteiger partial charge in [-0.05, 0) is 49.3 Å². The number of benzene rings is 1. The number of phenols is 1. The summed E-state index contributed by atoms with van der Waals surface area (Å²) in [6.45, 7) is 6.65. The molecule has 24 heteroatoms. The van der Waals surface area contributed by atoms with Gasteiger partial charge in [-0.15, -0.1) is 0 Å². The first kappa shape index (κ1) is 62.2. The molecule has 1 aromatic rings. The molecule has 3 aliphatic heterocycles. The van der Waals surface area contributed by atoms with Crippen LogP contribution in [0.4, 0.5) is 0 Å². The minimum absolute atomic E-state index is 0.0681. The molecule has 7 amide bonds. The minimum Gasteiger partial charge on any atom is -0.508 e. The summed E-state index contributed by atoms with van der Waals surface area (Å²) in [7, 11) is 0. The molecule has 3 saturated heterocycles. The van der Waals surface area contributed by atoms with E-state index in [9.17, 15) is 84.3 Å². The van der Waals surface area contributed by atoms with Crippen LogP contribution in [0.3, 0.4) is 0 Å². The number of amides is 7. The van der Waals surface area contributed by atoms with E-state index in [1.165, 1.54) is 18.6 Å². The van der Waals surface area contributed by atoms with E-state index in [0.29, 0.717) is 29.6 Å². The molecule has 15 N–H and O–H groups in total. The van der Waals surface area contributed by atoms with E-state index in [0.717, 1.165) is 62.5 Å². The smallest absolute Gasteiger partial charge is 0.248 e. The van der Waals surface area contributed by atoms with Crippen molar-refractivity contribution < 1.29 is 84.3 Å². The second-order valence-corrected chi connectivity index (χ2v) is 20.9. The number of carbonyl (C=O) groups excluding carboxylic acids is 8. The van der Waals surface area contributed by atoms with Crippen LogP contribution in [0.1, 0.15) is 136 Å². The number of primary amides is 1. The zero-order valence-electron chi connectivity index (χ0n) is 43.3. The van der Waals surface area contributed by atoms with Gasteiger partial charge in [0.1, 0.15) is 42.1 Å². The van der Waals surface area contributed by atoms with Crippen LogP contribution in [0.2, 0.25) is 0 Å². The van der Waals surface area contributed by atoms with Crippen LogP contribution in [0.15, 0.2) is 24.3 Å². The monoisotopic (exact) mass is 1060 g/mol. The van der Waals surface area contributed by atoms with Gasteiger partial charge in [0.2, 0.25) is 41.4 Å². The molecule has 0 bridgehead atoms. The molecule has 24 nitrogen and oxygen atoms in total. The zero-order valence-corrected chi connectivity index (χ0v) is 43.3. The van der Waals surface area contributed by atoms with E-state index in [-0.39, 0.29) is 17.7 Å². The number of nitrogens with two attached hydrogens (primary N) is 1. The highest BCUT2D eigenvalue weighted by Crippen LogP contribution is 2.30. The summed E-state index contributed by atoms with van der Waals surface area (Å²) < 4.78 is 0. The largest absolute Gasteiger partial charge is 0.508 e. The number of aliphatic hydroxyl groups is 8. The molecule has 0 aromatic heterocycles. The Morgan fingerprint density at radius 3 is 1.88 bits per heavy atom. The quantitative estimate of drug-likeness (QED) is 0.0614. The summed E-state index contributed by atoms with van der Waals surface area (Å²) in [5.74, 6) is -10.1. The second kappa shape index (κ2) is 29.3. The van der Waals surface area contributed by atoms with Gasteiger partial charge < -0.3 is 82.8 Å². The predicted octanol–water partition coefficient (Wildman–Crippen LogP) is -2.25. The molecule has 422 valence electrons. The molecule has 0 saturated carbocycles. The lowest BCUT2D eigenvalue weighted by atomic mass is 9.86. The summed E-state index contributed by atoms with van der Waals surface area (Å²) in [6, 6.07) is -4.51. The van der Waals surface area contributed by atoms with Gasteiger partial charge >= 0.3 is 0 Å². The van der Waals surface area contributed by atoms with Crippen molar-refractivity contribution in [3.8, 4) is 5.75 Å². The number of carbonyl (C=O) groups is 8. The van der Waals surface area contributed by atoms with Crippen LogP contribution in [-0.2, 0) is 38.4 Å². The third-order valence-electron chi connectivity index (χ3n) is 14.6. The lowest BCUT2D eigenvalue weighted by molar-refractivity contribution is -0.149. The number of fused-ring (bicyclic) bond motifs is 2. The topological polar surface area (TPSA) is 399 Å². The Labute approximate surface area is 436 Å². The maximum Gasteiger partial charge on any atom is 0.248 e. The highest BCUT2D eigenvalue weighted by atomic mass is 16.3. The Morgan fingerprint density at radius 2 is 1.28 bits per heavy atom. The first-order valence-electron chi connectivity index (χ1n) is 26.2. The number of phenolic OH excluding ortho intramolecular Hbond substituents is 1. The molecule has 1 aromatic carbocycles. The fraction of sp³-hybridized carbons (Fsp3) is 0.725. The number of unbranched alkanes of at least 4 members (excludes halogenated alkanes) is 5. The number of Topliss-reactive ketones (excluding diaryl/α,β-unsaturated/α-hetero) is 1. The first-order valence-corrected chi connectivity index (χ1v) is 26.2. The third kappa shape index (κ3) is 18.1. The highest BCUT2D eigenvalue weighted by Gasteiger charge is 2.48. The Bertz CT molecular complexity index is 2100. The van der Waals surface area contributed by atoms with E-state index < -0.39 is 177 Å². The lowest BCUT2D eigenvalue weighted by Crippen LogP contribution is -2.60. The maximum absolute atomic E-state index is 14.4. The molecule has 0 radical (unpaired) electrons. The number of aromatic hydroxyl groups is 1. The molecule has 75 heavy (non-hydrogen) atoms. The molecule has 0 spiro atoms. The van der Waals surface area contributed by atoms with Crippen LogP contribution >= 0.6 is 0 Å². The predicted molar refractivity (Wildman–Crippen MR) is 267 cm³/mol. The van der Waals surface area contributed by atoms with Gasteiger partial charge in [0.05, 0.1) is 48.9 Å². The number of ketones is 1. The Kier molecular flexibility index (Phi) is 24.3. The number of hydrogen-bond acceptors (Lipinski definition) is 17. The van der Waals surface area contributed by atoms with Crippen molar-refractivity contribution in [2.24, 2.45) is 23.5 Å². The van der Waals surface area contributed by atoms with Crippen molar-refractivity contribution in [2.75, 3.05) is 13.1 Å². The van der Waals surface area contributed by atoms with Crippen molar-refractivity contribution in [1.82, 2.24) is 31.1 Å². The Hall–Kier alpha value is -5.34. The summed E-state index contributed by atoms with van der Waals surface area (Å²) in [5.41, 5.74) is 5.26. The van der Waals surface area contributed by atoms with E-state index >= 15 is 0 Å². The summed E-state index contributed by atoms with van der Waals surface area (Å²) in [6.07, 6.45) is -10.7. The maximum atomic E-state index is 14.4. The van der Waals surface area contributed by atoms with Gasteiger partial charge in [0.15, 0.2) is 12.0 Å². The molecule has 3 aliphatic rings. The van der Waals surface area contributed by atoms with Crippen molar-refractivity contribution in [1.29, 1.82) is 0 Å². The molecular weight excluding hydrogens is 983 g/mol. The second-order valence-electron chi connectivity index (χ2n) is 20.9. The average molecular weight is 1060 g/mol. The fourth-order valence-corrected chi connectivity index (χ4v) is 10.0. The van der Waals surface area contributed by atoms with E-state index in [2.05, 4.69) is 42.0 Å². The van der Waals surface area contributed by atoms with Crippen LogP contribution in [0.25, 0.3) is 0 Å². The zero-order chi connectivity index (χ0) is 55.8. The number of aliphatic hydroxyl groups excluding tert-OH is 8. The molecule has 3 fully saturated rings. The van der Waals surface area contributed by atoms with Gasteiger partial charge in [-0.2, -0.15) is 0 Å². The summed E-state index contributed by atoms with van der Waals surface area (Å²) in [4.78, 5) is 113. The molecular formula is C51H81N7O17. The lowest BCUT2D eigenvalue weighted by Gasteiger charge is -2.33. The van der Waals surface area contributed by atoms with Gasteiger partial charge in [-0.1, -0.05) is 77.8 Å². The SMILES string of the molecule is CCC(C)CC(C)CCCCCCCCC(=O)NC1CC(O)C(O)NC(=O)C2C[C@@H](O)CN2C(=O)C(C(O)CC(N)=O)NC(=O)C(C(O)C(O)c2ccc(O)cc2)CC(=O)C2CC(O)CN2C(=O)C(C(C)O)NC1=O. The molecule has 0 aliphatic carbocycles. The molecule has 4 rings (SSSR count). The van der Waals surface area contributed by atoms with Gasteiger partial charge in [-0.25, -0.2) is 0 Å². The number of hydrogen-bond donors (Lipinski definition) is 14. The average Bonchev–Trinajstić information content (AvgIpc) is 3.95. The third-order valence-corrected chi connectivity index (χ3v) is 14.6. The Balaban J connectivity index is 1.69. The first-order chi connectivity index (χ1) is 35.3. The van der Waals surface area contributed by atoms with E-state index in [1.54, 1.807) is 0 Å². The molecule has 15 unspecified atom stereocenters.